The van der Waals surface area contributed by atoms with Crippen molar-refractivity contribution in [1.29, 1.82) is 0 Å². The summed E-state index contributed by atoms with van der Waals surface area (Å²) < 4.78 is 14.4. The Morgan fingerprint density at radius 1 is 1.20 bits per heavy atom. The van der Waals surface area contributed by atoms with E-state index < -0.39 is 0 Å². The quantitative estimate of drug-likeness (QED) is 0.707. The van der Waals surface area contributed by atoms with Crippen molar-refractivity contribution in [1.82, 2.24) is 10.3 Å². The number of nitrogens with zero attached hydrogens (tertiary/aromatic N) is 1. The van der Waals surface area contributed by atoms with Crippen LogP contribution in [0.3, 0.4) is 0 Å². The first kappa shape index (κ1) is 17.6. The van der Waals surface area contributed by atoms with E-state index in [1.807, 2.05) is 12.1 Å². The number of unbranched alkanes of at least 4 members (excludes halogenated alkanes) is 2. The molecule has 1 unspecified atom stereocenters. The van der Waals surface area contributed by atoms with Crippen molar-refractivity contribution in [2.24, 2.45) is 0 Å². The Hall–Kier alpha value is -2.20. The molecule has 1 aliphatic rings. The van der Waals surface area contributed by atoms with Crippen molar-refractivity contribution in [2.75, 3.05) is 18.4 Å². The Morgan fingerprint density at radius 3 is 2.84 bits per heavy atom. The molecule has 1 aromatic carbocycles. The molecule has 0 saturated carbocycles. The summed E-state index contributed by atoms with van der Waals surface area (Å²) in [5.74, 6) is -0.0203. The molecule has 4 heteroatoms. The summed E-state index contributed by atoms with van der Waals surface area (Å²) in [6.45, 7) is 3.80. The summed E-state index contributed by atoms with van der Waals surface area (Å²) in [6, 6.07) is 10.4. The fraction of sp³-hybridized carbons (Fsp3) is 0.381. The normalized spacial score (nSPS) is 17.5. The first-order valence-electron chi connectivity index (χ1n) is 9.14. The van der Waals surface area contributed by atoms with Gasteiger partial charge in [-0.2, -0.15) is 0 Å². The van der Waals surface area contributed by atoms with E-state index in [-0.39, 0.29) is 11.9 Å². The highest BCUT2D eigenvalue weighted by Gasteiger charge is 2.20. The number of hydrogen-bond acceptors (Lipinski definition) is 3. The van der Waals surface area contributed by atoms with Gasteiger partial charge in [-0.15, -0.1) is 0 Å². The molecule has 0 spiro atoms. The Kier molecular flexibility index (Phi) is 6.18. The molecule has 25 heavy (non-hydrogen) atoms. The minimum Gasteiger partial charge on any atom is -0.383 e. The Balaban J connectivity index is 1.86. The van der Waals surface area contributed by atoms with Crippen LogP contribution in [0.4, 0.5) is 10.1 Å². The van der Waals surface area contributed by atoms with Gasteiger partial charge in [0.1, 0.15) is 0 Å². The molecule has 2 heterocycles. The smallest absolute Gasteiger partial charge is 0.0978 e. The van der Waals surface area contributed by atoms with Gasteiger partial charge in [0.15, 0.2) is 0 Å². The third kappa shape index (κ3) is 4.67. The zero-order valence-electron chi connectivity index (χ0n) is 14.8. The summed E-state index contributed by atoms with van der Waals surface area (Å²) in [5, 5.41) is 6.92. The van der Waals surface area contributed by atoms with Gasteiger partial charge < -0.3 is 10.6 Å². The molecule has 1 atom stereocenters. The van der Waals surface area contributed by atoms with Crippen molar-refractivity contribution < 1.29 is 4.39 Å². The zero-order chi connectivity index (χ0) is 17.5. The van der Waals surface area contributed by atoms with Gasteiger partial charge in [0, 0.05) is 43.6 Å². The second-order valence-electron chi connectivity index (χ2n) is 6.47. The van der Waals surface area contributed by atoms with Gasteiger partial charge in [-0.1, -0.05) is 25.5 Å². The highest BCUT2D eigenvalue weighted by atomic mass is 19.1. The molecule has 3 nitrogen and oxygen atoms in total. The minimum atomic E-state index is -0.0203. The van der Waals surface area contributed by atoms with E-state index in [4.69, 9.17) is 0 Å². The predicted molar refractivity (Wildman–Crippen MR) is 102 cm³/mol. The maximum atomic E-state index is 14.4. The summed E-state index contributed by atoms with van der Waals surface area (Å²) in [5.41, 5.74) is 4.48. The zero-order valence-corrected chi connectivity index (χ0v) is 14.8. The molecule has 3 rings (SSSR count). The number of benzene rings is 1. The van der Waals surface area contributed by atoms with Gasteiger partial charge in [0.2, 0.25) is 0 Å². The second kappa shape index (κ2) is 8.77. The molecule has 0 radical (unpaired) electrons. The van der Waals surface area contributed by atoms with Gasteiger partial charge in [0.25, 0.3) is 0 Å². The maximum Gasteiger partial charge on any atom is 0.0978 e. The van der Waals surface area contributed by atoms with E-state index in [0.29, 0.717) is 6.42 Å². The van der Waals surface area contributed by atoms with Crippen LogP contribution < -0.4 is 10.6 Å². The Bertz CT molecular complexity index is 712. The predicted octanol–water partition coefficient (Wildman–Crippen LogP) is 5.24. The number of halogens is 1. The molecule has 0 bridgehead atoms. The number of aromatic nitrogens is 1. The van der Waals surface area contributed by atoms with Gasteiger partial charge >= 0.3 is 0 Å². The molecular weight excluding hydrogens is 313 g/mol. The highest BCUT2D eigenvalue weighted by molar-refractivity contribution is 5.69. The topological polar surface area (TPSA) is 37.0 Å². The number of fused-ring (bicyclic) bond motifs is 1. The van der Waals surface area contributed by atoms with Crippen LogP contribution in [0.25, 0.3) is 11.1 Å². The Labute approximate surface area is 149 Å². The van der Waals surface area contributed by atoms with Crippen molar-refractivity contribution in [3.05, 3.63) is 60.2 Å². The van der Waals surface area contributed by atoms with Crippen LogP contribution in [0.15, 0.2) is 54.6 Å². The lowest BCUT2D eigenvalue weighted by Crippen LogP contribution is -2.23. The molecule has 0 fully saturated rings. The van der Waals surface area contributed by atoms with Crippen molar-refractivity contribution in [2.45, 2.75) is 38.6 Å². The standard InChI is InChI=1S/C21H26FN3/c1-2-3-4-5-18(22)15-21-19-14-17(16-8-10-23-11-9-16)6-7-20(19)24-12-13-25-21/h5-11,14,21,24-25H,2-4,12-13,15H2,1H3/b18-5+. The molecule has 132 valence electrons. The lowest BCUT2D eigenvalue weighted by Gasteiger charge is -2.19. The van der Waals surface area contributed by atoms with Crippen LogP contribution in [-0.2, 0) is 0 Å². The molecule has 1 aromatic heterocycles. The molecule has 0 amide bonds. The lowest BCUT2D eigenvalue weighted by atomic mass is 9.96. The SMILES string of the molecule is CCCC/C=C(/F)CC1NCCNc2ccc(-c3ccncc3)cc21. The van der Waals surface area contributed by atoms with Gasteiger partial charge in [0.05, 0.1) is 5.83 Å². The largest absolute Gasteiger partial charge is 0.383 e. The van der Waals surface area contributed by atoms with Crippen LogP contribution in [-0.4, -0.2) is 18.1 Å². The van der Waals surface area contributed by atoms with E-state index in [0.717, 1.165) is 54.7 Å². The van der Waals surface area contributed by atoms with E-state index in [9.17, 15) is 4.39 Å². The van der Waals surface area contributed by atoms with E-state index in [1.165, 1.54) is 0 Å². The molecular formula is C21H26FN3. The van der Waals surface area contributed by atoms with Crippen molar-refractivity contribution >= 4 is 5.69 Å². The molecule has 0 aliphatic carbocycles. The number of allylic oxidation sites excluding steroid dienone is 1. The van der Waals surface area contributed by atoms with Gasteiger partial charge in [-0.3, -0.25) is 4.98 Å². The first-order chi connectivity index (χ1) is 12.3. The number of hydrogen-bond donors (Lipinski definition) is 2. The first-order valence-corrected chi connectivity index (χ1v) is 9.14. The maximum absolute atomic E-state index is 14.4. The average molecular weight is 339 g/mol. The number of pyridine rings is 1. The van der Waals surface area contributed by atoms with Crippen LogP contribution in [0.5, 0.6) is 0 Å². The fourth-order valence-electron chi connectivity index (χ4n) is 3.21. The van der Waals surface area contributed by atoms with Crippen LogP contribution in [0.1, 0.15) is 44.2 Å². The van der Waals surface area contributed by atoms with E-state index in [1.54, 1.807) is 18.5 Å². The second-order valence-corrected chi connectivity index (χ2v) is 6.47. The van der Waals surface area contributed by atoms with Crippen molar-refractivity contribution in [3.63, 3.8) is 0 Å². The number of anilines is 1. The summed E-state index contributed by atoms with van der Waals surface area (Å²) in [7, 11) is 0. The summed E-state index contributed by atoms with van der Waals surface area (Å²) in [4.78, 5) is 4.08. The fourth-order valence-corrected chi connectivity index (χ4v) is 3.21. The average Bonchev–Trinajstić information content (AvgIpc) is 2.84. The summed E-state index contributed by atoms with van der Waals surface area (Å²) >= 11 is 0. The highest BCUT2D eigenvalue weighted by Crippen LogP contribution is 2.33. The van der Waals surface area contributed by atoms with Crippen LogP contribution in [0.2, 0.25) is 0 Å². The lowest BCUT2D eigenvalue weighted by molar-refractivity contribution is 0.482. The van der Waals surface area contributed by atoms with E-state index in [2.05, 4.69) is 40.7 Å². The monoisotopic (exact) mass is 339 g/mol. The molecule has 0 saturated heterocycles. The molecule has 1 aliphatic heterocycles. The number of rotatable bonds is 6. The van der Waals surface area contributed by atoms with Crippen molar-refractivity contribution in [3.8, 4) is 11.1 Å². The van der Waals surface area contributed by atoms with Crippen LogP contribution >= 0.6 is 0 Å². The molecule has 2 aromatic rings. The molecule has 2 N–H and O–H groups in total. The third-order valence-electron chi connectivity index (χ3n) is 4.59. The van der Waals surface area contributed by atoms with Gasteiger partial charge in [-0.25, -0.2) is 4.39 Å². The third-order valence-corrected chi connectivity index (χ3v) is 4.59. The number of nitrogens with one attached hydrogen (secondary N) is 2. The van der Waals surface area contributed by atoms with Gasteiger partial charge in [-0.05, 0) is 53.8 Å². The minimum absolute atomic E-state index is 0.00957. The summed E-state index contributed by atoms with van der Waals surface area (Å²) in [6.07, 6.45) is 8.69. The van der Waals surface area contributed by atoms with Crippen LogP contribution in [0, 0.1) is 0 Å². The van der Waals surface area contributed by atoms with E-state index >= 15 is 0 Å². The Morgan fingerprint density at radius 2 is 2.04 bits per heavy atom.